The molecule has 0 aliphatic heterocycles. The van der Waals surface area contributed by atoms with E-state index in [2.05, 4.69) is 4.98 Å². The zero-order chi connectivity index (χ0) is 21.2. The molecule has 0 radical (unpaired) electrons. The van der Waals surface area contributed by atoms with E-state index in [4.69, 9.17) is 4.74 Å². The van der Waals surface area contributed by atoms with Crippen LogP contribution in [0.5, 0.6) is 0 Å². The molecule has 6 nitrogen and oxygen atoms in total. The maximum absolute atomic E-state index is 15.8. The molecule has 0 amide bonds. The van der Waals surface area contributed by atoms with Crippen LogP contribution in [-0.4, -0.2) is 28.4 Å². The van der Waals surface area contributed by atoms with E-state index in [1.807, 2.05) is 13.0 Å². The number of rotatable bonds is 4. The summed E-state index contributed by atoms with van der Waals surface area (Å²) >= 11 is 1.58. The molecule has 2 N–H and O–H groups in total. The Labute approximate surface area is 177 Å². The van der Waals surface area contributed by atoms with Gasteiger partial charge < -0.3 is 9.84 Å². The number of nitrogens with zero attached hydrogens (tertiary/aromatic N) is 1. The Morgan fingerprint density at radius 3 is 2.77 bits per heavy atom. The number of aromatic amines is 1. The van der Waals surface area contributed by atoms with E-state index in [9.17, 15) is 14.7 Å². The highest BCUT2D eigenvalue weighted by molar-refractivity contribution is 7.12. The molecule has 3 unspecified atom stereocenters. The number of hydrogen-bond acceptors (Lipinski definition) is 5. The second-order valence-corrected chi connectivity index (χ2v) is 9.74. The summed E-state index contributed by atoms with van der Waals surface area (Å²) in [7, 11) is 1.36. The molecule has 0 saturated heterocycles. The van der Waals surface area contributed by atoms with Gasteiger partial charge >= 0.3 is 5.69 Å². The molecule has 8 heteroatoms. The Hall–Kier alpha value is -2.19. The molecule has 0 aromatic carbocycles. The maximum Gasteiger partial charge on any atom is 0.328 e. The monoisotopic (exact) mass is 432 g/mol. The van der Waals surface area contributed by atoms with Gasteiger partial charge in [0.15, 0.2) is 11.6 Å². The van der Waals surface area contributed by atoms with E-state index < -0.39 is 23.0 Å². The summed E-state index contributed by atoms with van der Waals surface area (Å²) in [5.74, 6) is -1.46. The summed E-state index contributed by atoms with van der Waals surface area (Å²) in [5.41, 5.74) is 0.781. The van der Waals surface area contributed by atoms with E-state index >= 15 is 4.39 Å². The molecule has 2 heterocycles. The number of nitrogens with one attached hydrogen (secondary N) is 1. The zero-order valence-corrected chi connectivity index (χ0v) is 17.9. The van der Waals surface area contributed by atoms with Gasteiger partial charge in [0.1, 0.15) is 5.56 Å². The molecule has 2 aromatic rings. The van der Waals surface area contributed by atoms with Crippen LogP contribution < -0.4 is 11.2 Å². The van der Waals surface area contributed by atoms with Crippen LogP contribution in [0.2, 0.25) is 0 Å². The van der Waals surface area contributed by atoms with Gasteiger partial charge in [0.25, 0.3) is 5.56 Å². The number of aromatic nitrogens is 2. The minimum Gasteiger partial charge on any atom is -0.493 e. The number of fused-ring (bicyclic) bond motifs is 2. The van der Waals surface area contributed by atoms with Gasteiger partial charge in [0.05, 0.1) is 13.0 Å². The van der Waals surface area contributed by atoms with Crippen molar-refractivity contribution < 1.29 is 14.2 Å². The molecule has 160 valence electrons. The summed E-state index contributed by atoms with van der Waals surface area (Å²) in [6, 6.07) is 2.06. The Bertz CT molecular complexity index is 1160. The Morgan fingerprint density at radius 1 is 1.33 bits per heavy atom. The van der Waals surface area contributed by atoms with Crippen LogP contribution in [-0.2, 0) is 11.2 Å². The van der Waals surface area contributed by atoms with E-state index in [0.717, 1.165) is 42.5 Å². The SMILES string of the molecule is COC1=C(F)C(c2cc3c(s2)CCCC3CO)C(C)c2c1c(=O)[nH]c(=O)n2C1CC1. The Balaban J connectivity index is 1.72. The van der Waals surface area contributed by atoms with Crippen molar-refractivity contribution in [2.24, 2.45) is 0 Å². The molecule has 3 aliphatic rings. The summed E-state index contributed by atoms with van der Waals surface area (Å²) in [6.07, 6.45) is 4.62. The largest absolute Gasteiger partial charge is 0.493 e. The molecular formula is C22H25FN2O4S. The average Bonchev–Trinajstić information content (AvgIpc) is 3.46. The van der Waals surface area contributed by atoms with Gasteiger partial charge in [-0.05, 0) is 43.7 Å². The van der Waals surface area contributed by atoms with Gasteiger partial charge in [-0.25, -0.2) is 9.18 Å². The topological polar surface area (TPSA) is 84.3 Å². The van der Waals surface area contributed by atoms with Crippen molar-refractivity contribution in [2.45, 2.75) is 62.8 Å². The van der Waals surface area contributed by atoms with Crippen molar-refractivity contribution in [1.29, 1.82) is 0 Å². The molecule has 30 heavy (non-hydrogen) atoms. The number of ether oxygens (including phenoxy) is 1. The van der Waals surface area contributed by atoms with Crippen molar-refractivity contribution in [1.82, 2.24) is 9.55 Å². The summed E-state index contributed by atoms with van der Waals surface area (Å²) in [4.78, 5) is 29.7. The number of aryl methyl sites for hydroxylation is 1. The van der Waals surface area contributed by atoms with Gasteiger partial charge in [-0.15, -0.1) is 11.3 Å². The quantitative estimate of drug-likeness (QED) is 0.774. The lowest BCUT2D eigenvalue weighted by molar-refractivity contribution is 0.253. The lowest BCUT2D eigenvalue weighted by Gasteiger charge is -2.32. The Morgan fingerprint density at radius 2 is 2.10 bits per heavy atom. The normalized spacial score (nSPS) is 25.8. The second-order valence-electron chi connectivity index (χ2n) is 8.57. The highest BCUT2D eigenvalue weighted by Crippen LogP contribution is 2.52. The molecule has 3 atom stereocenters. The third kappa shape index (κ3) is 2.84. The van der Waals surface area contributed by atoms with Crippen molar-refractivity contribution >= 4 is 17.1 Å². The number of allylic oxidation sites excluding steroid dienone is 1. The molecule has 0 spiro atoms. The molecule has 5 rings (SSSR count). The molecule has 0 bridgehead atoms. The molecule has 1 fully saturated rings. The minimum atomic E-state index is -0.617. The van der Waals surface area contributed by atoms with Crippen LogP contribution in [0.4, 0.5) is 4.39 Å². The summed E-state index contributed by atoms with van der Waals surface area (Å²) in [5, 5.41) is 9.76. The third-order valence-electron chi connectivity index (χ3n) is 6.73. The van der Waals surface area contributed by atoms with Crippen LogP contribution in [0, 0.1) is 0 Å². The van der Waals surface area contributed by atoms with Crippen LogP contribution in [0.3, 0.4) is 0 Å². The first kappa shape index (κ1) is 19.8. The number of hydrogen-bond donors (Lipinski definition) is 2. The molecular weight excluding hydrogens is 407 g/mol. The van der Waals surface area contributed by atoms with Crippen molar-refractivity contribution in [2.75, 3.05) is 13.7 Å². The number of aliphatic hydroxyl groups is 1. The fourth-order valence-electron chi connectivity index (χ4n) is 5.15. The standard InChI is InChI=1S/C22H25FN2O4S/c1-10-16(15-8-13-11(9-26)4-3-5-14(13)30-15)18(23)20(29-2)17-19(10)25(12-6-7-12)22(28)24-21(17)27/h8,10-12,16,26H,3-7,9H2,1-2H3,(H,24,27,28). The molecule has 3 aliphatic carbocycles. The van der Waals surface area contributed by atoms with Crippen LogP contribution in [0.1, 0.15) is 83.0 Å². The number of halogens is 1. The third-order valence-corrected chi connectivity index (χ3v) is 8.02. The number of methoxy groups -OCH3 is 1. The van der Waals surface area contributed by atoms with Crippen molar-refractivity contribution in [3.63, 3.8) is 0 Å². The first-order valence-electron chi connectivity index (χ1n) is 10.5. The lowest BCUT2D eigenvalue weighted by Crippen LogP contribution is -2.38. The van der Waals surface area contributed by atoms with Crippen LogP contribution in [0.25, 0.3) is 5.76 Å². The van der Waals surface area contributed by atoms with Crippen LogP contribution >= 0.6 is 11.3 Å². The van der Waals surface area contributed by atoms with Gasteiger partial charge in [-0.2, -0.15) is 0 Å². The fraction of sp³-hybridized carbons (Fsp3) is 0.545. The number of H-pyrrole nitrogens is 1. The number of aliphatic hydroxyl groups excluding tert-OH is 1. The Kier molecular flexibility index (Phi) is 4.74. The molecule has 2 aromatic heterocycles. The number of thiophene rings is 1. The lowest BCUT2D eigenvalue weighted by atomic mass is 9.80. The van der Waals surface area contributed by atoms with E-state index in [1.165, 1.54) is 12.0 Å². The predicted octanol–water partition coefficient (Wildman–Crippen LogP) is 3.53. The highest BCUT2D eigenvalue weighted by Gasteiger charge is 2.43. The highest BCUT2D eigenvalue weighted by atomic mass is 32.1. The van der Waals surface area contributed by atoms with E-state index in [1.54, 1.807) is 15.9 Å². The van der Waals surface area contributed by atoms with Crippen molar-refractivity contribution in [3.05, 3.63) is 59.3 Å². The smallest absolute Gasteiger partial charge is 0.328 e. The van der Waals surface area contributed by atoms with E-state index in [-0.39, 0.29) is 35.8 Å². The summed E-state index contributed by atoms with van der Waals surface area (Å²) in [6.45, 7) is 1.97. The average molecular weight is 433 g/mol. The molecule has 1 saturated carbocycles. The van der Waals surface area contributed by atoms with Gasteiger partial charge in [-0.3, -0.25) is 14.3 Å². The maximum atomic E-state index is 15.8. The first-order valence-corrected chi connectivity index (χ1v) is 11.3. The fourth-order valence-corrected chi connectivity index (χ4v) is 6.64. The summed E-state index contributed by atoms with van der Waals surface area (Å²) < 4.78 is 22.8. The van der Waals surface area contributed by atoms with Crippen LogP contribution in [0.15, 0.2) is 21.5 Å². The predicted molar refractivity (Wildman–Crippen MR) is 113 cm³/mol. The van der Waals surface area contributed by atoms with Gasteiger partial charge in [0, 0.05) is 39.9 Å². The minimum absolute atomic E-state index is 0.0424. The first-order chi connectivity index (χ1) is 14.5. The zero-order valence-electron chi connectivity index (χ0n) is 17.0. The van der Waals surface area contributed by atoms with E-state index in [0.29, 0.717) is 5.69 Å². The van der Waals surface area contributed by atoms with Gasteiger partial charge in [-0.1, -0.05) is 6.92 Å². The second kappa shape index (κ2) is 7.20. The van der Waals surface area contributed by atoms with Crippen molar-refractivity contribution in [3.8, 4) is 0 Å². The van der Waals surface area contributed by atoms with Gasteiger partial charge in [0.2, 0.25) is 0 Å².